The number of nitrogens with zero attached hydrogens (tertiary/aromatic N) is 1. The third-order valence-electron chi connectivity index (χ3n) is 3.35. The highest BCUT2D eigenvalue weighted by atomic mass is 35.5. The number of rotatable bonds is 3. The number of amides is 1. The molecular weight excluding hydrogens is 327 g/mol. The number of aliphatic hydroxyl groups is 1. The Bertz CT molecular complexity index is 589. The van der Waals surface area contributed by atoms with Gasteiger partial charge in [0.25, 0.3) is 0 Å². The molecule has 1 amide bonds. The summed E-state index contributed by atoms with van der Waals surface area (Å²) in [6.45, 7) is 0.468. The number of imidazole rings is 1. The van der Waals surface area contributed by atoms with Crippen LogP contribution in [-0.2, 0) is 4.79 Å². The predicted octanol–water partition coefficient (Wildman–Crippen LogP) is 1.58. The van der Waals surface area contributed by atoms with E-state index in [1.165, 1.54) is 0 Å². The molecule has 1 saturated heterocycles. The van der Waals surface area contributed by atoms with E-state index >= 15 is 0 Å². The van der Waals surface area contributed by atoms with Crippen molar-refractivity contribution in [3.8, 4) is 11.4 Å². The Morgan fingerprint density at radius 2 is 2.00 bits per heavy atom. The van der Waals surface area contributed by atoms with Crippen LogP contribution >= 0.6 is 24.8 Å². The van der Waals surface area contributed by atoms with Crippen molar-refractivity contribution >= 4 is 36.4 Å². The van der Waals surface area contributed by atoms with Gasteiger partial charge < -0.3 is 20.7 Å². The first kappa shape index (κ1) is 18.4. The van der Waals surface area contributed by atoms with Crippen molar-refractivity contribution in [1.29, 1.82) is 0 Å². The van der Waals surface area contributed by atoms with Crippen LogP contribution < -0.4 is 10.6 Å². The highest BCUT2D eigenvalue weighted by Crippen LogP contribution is 2.18. The fourth-order valence-corrected chi connectivity index (χ4v) is 2.28. The van der Waals surface area contributed by atoms with Crippen molar-refractivity contribution in [1.82, 2.24) is 15.3 Å². The highest BCUT2D eigenvalue weighted by Gasteiger charge is 2.27. The van der Waals surface area contributed by atoms with Gasteiger partial charge in [0.15, 0.2) is 0 Å². The predicted molar refractivity (Wildman–Crippen MR) is 89.6 cm³/mol. The van der Waals surface area contributed by atoms with Gasteiger partial charge in [-0.05, 0) is 30.7 Å². The molecule has 2 aromatic rings. The van der Waals surface area contributed by atoms with Crippen molar-refractivity contribution in [2.75, 3.05) is 11.9 Å². The number of β-amino-alcohol motifs (C(OH)–C–C–N with tert-alkyl or cyclic N) is 1. The van der Waals surface area contributed by atoms with Crippen LogP contribution in [0.1, 0.15) is 6.42 Å². The Hall–Kier alpha value is -1.60. The number of aliphatic hydroxyl groups excluding tert-OH is 1. The minimum Gasteiger partial charge on any atom is -0.392 e. The molecule has 0 saturated carbocycles. The number of hydrogen-bond acceptors (Lipinski definition) is 4. The smallest absolute Gasteiger partial charge is 0.241 e. The normalized spacial score (nSPS) is 19.9. The average Bonchev–Trinajstić information content (AvgIpc) is 3.10. The molecule has 1 fully saturated rings. The molecule has 2 atom stereocenters. The van der Waals surface area contributed by atoms with Crippen molar-refractivity contribution in [3.05, 3.63) is 36.7 Å². The van der Waals surface area contributed by atoms with Gasteiger partial charge in [-0.3, -0.25) is 4.79 Å². The van der Waals surface area contributed by atoms with Crippen LogP contribution in [0.5, 0.6) is 0 Å². The van der Waals surface area contributed by atoms with Gasteiger partial charge in [-0.2, -0.15) is 0 Å². The first-order chi connectivity index (χ1) is 9.72. The first-order valence-corrected chi connectivity index (χ1v) is 6.54. The third-order valence-corrected chi connectivity index (χ3v) is 3.35. The monoisotopic (exact) mass is 344 g/mol. The lowest BCUT2D eigenvalue weighted by Crippen LogP contribution is -2.35. The lowest BCUT2D eigenvalue weighted by molar-refractivity contribution is -0.117. The molecule has 8 heteroatoms. The number of carbonyl (C=O) groups excluding carboxylic acids is 1. The maximum Gasteiger partial charge on any atom is 0.241 e. The van der Waals surface area contributed by atoms with E-state index in [1.807, 2.05) is 24.3 Å². The fraction of sp³-hybridized carbons (Fsp3) is 0.286. The molecule has 1 aromatic carbocycles. The first-order valence-electron chi connectivity index (χ1n) is 6.54. The molecule has 22 heavy (non-hydrogen) atoms. The number of H-pyrrole nitrogens is 1. The van der Waals surface area contributed by atoms with E-state index in [0.717, 1.165) is 17.1 Å². The molecule has 1 aromatic heterocycles. The summed E-state index contributed by atoms with van der Waals surface area (Å²) in [6.07, 6.45) is 3.48. The maximum atomic E-state index is 12.0. The molecule has 4 N–H and O–H groups in total. The van der Waals surface area contributed by atoms with Crippen molar-refractivity contribution in [2.24, 2.45) is 0 Å². The fourth-order valence-electron chi connectivity index (χ4n) is 2.28. The van der Waals surface area contributed by atoms with E-state index in [9.17, 15) is 9.90 Å². The summed E-state index contributed by atoms with van der Waals surface area (Å²) in [7, 11) is 0. The number of anilines is 1. The number of nitrogens with one attached hydrogen (secondary N) is 3. The van der Waals surface area contributed by atoms with Gasteiger partial charge in [-0.15, -0.1) is 24.8 Å². The Kier molecular flexibility index (Phi) is 6.83. The Morgan fingerprint density at radius 1 is 1.27 bits per heavy atom. The van der Waals surface area contributed by atoms with Crippen LogP contribution in [-0.4, -0.2) is 39.7 Å². The van der Waals surface area contributed by atoms with E-state index < -0.39 is 6.10 Å². The molecule has 0 aliphatic carbocycles. The number of aromatic nitrogens is 2. The second kappa shape index (κ2) is 8.14. The van der Waals surface area contributed by atoms with Crippen LogP contribution in [0.25, 0.3) is 11.4 Å². The summed E-state index contributed by atoms with van der Waals surface area (Å²) in [5, 5.41) is 15.2. The van der Waals surface area contributed by atoms with Crippen LogP contribution in [0.3, 0.4) is 0 Å². The van der Waals surface area contributed by atoms with Gasteiger partial charge >= 0.3 is 0 Å². The van der Waals surface area contributed by atoms with Gasteiger partial charge in [-0.1, -0.05) is 0 Å². The quantitative estimate of drug-likeness (QED) is 0.680. The van der Waals surface area contributed by atoms with Crippen LogP contribution in [0.4, 0.5) is 5.69 Å². The molecular formula is C14H18Cl2N4O2. The second-order valence-corrected chi connectivity index (χ2v) is 4.85. The Labute approximate surface area is 140 Å². The molecule has 0 spiro atoms. The number of hydrogen-bond donors (Lipinski definition) is 4. The Balaban J connectivity index is 0.00000121. The zero-order valence-corrected chi connectivity index (χ0v) is 13.3. The van der Waals surface area contributed by atoms with Gasteiger partial charge in [0, 0.05) is 30.2 Å². The van der Waals surface area contributed by atoms with Gasteiger partial charge in [0.05, 0.1) is 12.1 Å². The summed E-state index contributed by atoms with van der Waals surface area (Å²) >= 11 is 0. The van der Waals surface area contributed by atoms with E-state index in [-0.39, 0.29) is 36.8 Å². The SMILES string of the molecule is Cl.Cl.O=C(Nc1ccc(-c2ncc[nH]2)cc1)C1CC(O)CN1. The molecule has 0 bridgehead atoms. The average molecular weight is 345 g/mol. The van der Waals surface area contributed by atoms with Gasteiger partial charge in [0.1, 0.15) is 5.82 Å². The third kappa shape index (κ3) is 4.20. The molecule has 0 radical (unpaired) electrons. The zero-order chi connectivity index (χ0) is 13.9. The lowest BCUT2D eigenvalue weighted by atomic mass is 10.1. The van der Waals surface area contributed by atoms with Crippen molar-refractivity contribution < 1.29 is 9.90 Å². The zero-order valence-electron chi connectivity index (χ0n) is 11.7. The van der Waals surface area contributed by atoms with E-state index in [2.05, 4.69) is 20.6 Å². The largest absolute Gasteiger partial charge is 0.392 e. The number of halogens is 2. The minimum absolute atomic E-state index is 0. The molecule has 1 aliphatic rings. The molecule has 2 unspecified atom stereocenters. The highest BCUT2D eigenvalue weighted by molar-refractivity contribution is 5.95. The summed E-state index contributed by atoms with van der Waals surface area (Å²) in [5.74, 6) is 0.677. The molecule has 6 nitrogen and oxygen atoms in total. The summed E-state index contributed by atoms with van der Waals surface area (Å²) in [6, 6.07) is 7.13. The van der Waals surface area contributed by atoms with E-state index in [0.29, 0.717) is 13.0 Å². The van der Waals surface area contributed by atoms with Crippen LogP contribution in [0.15, 0.2) is 36.7 Å². The van der Waals surface area contributed by atoms with Crippen molar-refractivity contribution in [3.63, 3.8) is 0 Å². The second-order valence-electron chi connectivity index (χ2n) is 4.85. The van der Waals surface area contributed by atoms with Gasteiger partial charge in [0.2, 0.25) is 5.91 Å². The standard InChI is InChI=1S/C14H16N4O2.2ClH/c19-11-7-12(17-8-11)14(20)18-10-3-1-9(2-4-10)13-15-5-6-16-13;;/h1-6,11-12,17,19H,7-8H2,(H,15,16)(H,18,20);2*1H. The molecule has 2 heterocycles. The minimum atomic E-state index is -0.438. The summed E-state index contributed by atoms with van der Waals surface area (Å²) < 4.78 is 0. The molecule has 120 valence electrons. The summed E-state index contributed by atoms with van der Waals surface area (Å²) in [4.78, 5) is 19.2. The maximum absolute atomic E-state index is 12.0. The Morgan fingerprint density at radius 3 is 2.55 bits per heavy atom. The number of aromatic amines is 1. The molecule has 1 aliphatic heterocycles. The lowest BCUT2D eigenvalue weighted by Gasteiger charge is -2.11. The number of benzene rings is 1. The topological polar surface area (TPSA) is 90.0 Å². The van der Waals surface area contributed by atoms with Crippen LogP contribution in [0.2, 0.25) is 0 Å². The molecule has 3 rings (SSSR count). The van der Waals surface area contributed by atoms with E-state index in [4.69, 9.17) is 0 Å². The van der Waals surface area contributed by atoms with Crippen LogP contribution in [0, 0.1) is 0 Å². The summed E-state index contributed by atoms with van der Waals surface area (Å²) in [5.41, 5.74) is 1.69. The van der Waals surface area contributed by atoms with E-state index in [1.54, 1.807) is 12.4 Å². The number of carbonyl (C=O) groups is 1. The van der Waals surface area contributed by atoms with Crippen molar-refractivity contribution in [2.45, 2.75) is 18.6 Å². The van der Waals surface area contributed by atoms with Gasteiger partial charge in [-0.25, -0.2) is 4.98 Å².